The maximum Gasteiger partial charge on any atom is 0.246 e. The maximum absolute atomic E-state index is 13.4. The monoisotopic (exact) mass is 400 g/mol. The molecule has 0 saturated carbocycles. The summed E-state index contributed by atoms with van der Waals surface area (Å²) in [4.78, 5) is 22.9. The van der Waals surface area contributed by atoms with Crippen molar-refractivity contribution in [2.75, 3.05) is 16.8 Å². The standard InChI is InChI=1S/C19H16ClFN4O.C2H6/c1-11-6-12-7-14(21)3-5-17(12)25(11)18(26)9-22-19-15-4-2-13(20)8-16(15)23-10-24-19;1-2/h2-5,7-8,10-11H,6,9H2,1H3,(H,22,23,24);1-2H3/t11-;/m1./s1. The molecule has 0 aliphatic carbocycles. The van der Waals surface area contributed by atoms with Crippen molar-refractivity contribution in [2.24, 2.45) is 0 Å². The molecule has 1 aromatic heterocycles. The smallest absolute Gasteiger partial charge is 0.246 e. The largest absolute Gasteiger partial charge is 0.360 e. The molecule has 0 radical (unpaired) electrons. The number of rotatable bonds is 3. The van der Waals surface area contributed by atoms with Crippen LogP contribution in [0.25, 0.3) is 10.9 Å². The highest BCUT2D eigenvalue weighted by molar-refractivity contribution is 6.31. The van der Waals surface area contributed by atoms with E-state index in [9.17, 15) is 9.18 Å². The van der Waals surface area contributed by atoms with E-state index in [-0.39, 0.29) is 24.3 Å². The first-order chi connectivity index (χ1) is 13.5. The first-order valence-corrected chi connectivity index (χ1v) is 9.65. The van der Waals surface area contributed by atoms with E-state index in [1.807, 2.05) is 26.8 Å². The van der Waals surface area contributed by atoms with E-state index in [1.54, 1.807) is 23.1 Å². The third-order valence-corrected chi connectivity index (χ3v) is 4.77. The van der Waals surface area contributed by atoms with E-state index >= 15 is 0 Å². The number of hydrogen-bond acceptors (Lipinski definition) is 4. The third-order valence-electron chi connectivity index (χ3n) is 4.53. The number of amides is 1. The van der Waals surface area contributed by atoms with E-state index in [0.29, 0.717) is 22.8 Å². The molecule has 7 heteroatoms. The predicted molar refractivity (Wildman–Crippen MR) is 111 cm³/mol. The average Bonchev–Trinajstić information content (AvgIpc) is 3.02. The summed E-state index contributed by atoms with van der Waals surface area (Å²) in [7, 11) is 0. The van der Waals surface area contributed by atoms with Gasteiger partial charge in [0, 0.05) is 22.1 Å². The average molecular weight is 401 g/mol. The summed E-state index contributed by atoms with van der Waals surface area (Å²) in [6.07, 6.45) is 2.08. The molecule has 0 saturated heterocycles. The molecular weight excluding hydrogens is 379 g/mol. The zero-order chi connectivity index (χ0) is 20.3. The number of carbonyl (C=O) groups excluding carboxylic acids is 1. The molecule has 1 aliphatic heterocycles. The van der Waals surface area contributed by atoms with Crippen molar-refractivity contribution in [3.8, 4) is 0 Å². The number of nitrogens with zero attached hydrogens (tertiary/aromatic N) is 3. The minimum Gasteiger partial charge on any atom is -0.360 e. The lowest BCUT2D eigenvalue weighted by atomic mass is 10.1. The molecule has 146 valence electrons. The Morgan fingerprint density at radius 2 is 2.04 bits per heavy atom. The highest BCUT2D eigenvalue weighted by atomic mass is 35.5. The summed E-state index contributed by atoms with van der Waals surface area (Å²) in [5.41, 5.74) is 2.33. The van der Waals surface area contributed by atoms with Gasteiger partial charge in [-0.25, -0.2) is 14.4 Å². The van der Waals surface area contributed by atoms with Gasteiger partial charge in [-0.3, -0.25) is 4.79 Å². The van der Waals surface area contributed by atoms with Crippen LogP contribution in [0.5, 0.6) is 0 Å². The Labute approximate surface area is 168 Å². The lowest BCUT2D eigenvalue weighted by molar-refractivity contribution is -0.117. The van der Waals surface area contributed by atoms with Gasteiger partial charge in [-0.2, -0.15) is 0 Å². The molecule has 2 aromatic carbocycles. The van der Waals surface area contributed by atoms with Crippen LogP contribution in [0.3, 0.4) is 0 Å². The Balaban J connectivity index is 0.00000109. The van der Waals surface area contributed by atoms with Gasteiger partial charge >= 0.3 is 0 Å². The number of hydrogen-bond donors (Lipinski definition) is 1. The molecule has 2 heterocycles. The molecule has 1 N–H and O–H groups in total. The van der Waals surface area contributed by atoms with Crippen molar-refractivity contribution in [3.05, 3.63) is 59.1 Å². The van der Waals surface area contributed by atoms with Gasteiger partial charge in [0.15, 0.2) is 0 Å². The minimum absolute atomic E-state index is 0.0120. The second-order valence-corrected chi connectivity index (χ2v) is 6.76. The highest BCUT2D eigenvalue weighted by Crippen LogP contribution is 2.32. The number of carbonyl (C=O) groups is 1. The van der Waals surface area contributed by atoms with Crippen LogP contribution in [0.2, 0.25) is 5.02 Å². The van der Waals surface area contributed by atoms with Gasteiger partial charge in [0.2, 0.25) is 5.91 Å². The van der Waals surface area contributed by atoms with Crippen LogP contribution < -0.4 is 10.2 Å². The Bertz CT molecular complexity index is 1010. The number of halogens is 2. The Morgan fingerprint density at radius 3 is 2.82 bits per heavy atom. The quantitative estimate of drug-likeness (QED) is 0.683. The zero-order valence-corrected chi connectivity index (χ0v) is 16.8. The molecule has 1 amide bonds. The van der Waals surface area contributed by atoms with E-state index < -0.39 is 0 Å². The summed E-state index contributed by atoms with van der Waals surface area (Å²) in [6.45, 7) is 6.04. The number of anilines is 2. The van der Waals surface area contributed by atoms with Gasteiger partial charge in [-0.05, 0) is 55.3 Å². The molecule has 28 heavy (non-hydrogen) atoms. The third kappa shape index (κ3) is 3.92. The van der Waals surface area contributed by atoms with Crippen LogP contribution in [-0.2, 0) is 11.2 Å². The molecule has 1 aliphatic rings. The molecule has 0 spiro atoms. The molecule has 1 atom stereocenters. The normalized spacial score (nSPS) is 15.0. The molecule has 0 unspecified atom stereocenters. The van der Waals surface area contributed by atoms with Crippen LogP contribution in [0, 0.1) is 5.82 Å². The fraction of sp³-hybridized carbons (Fsp3) is 0.286. The van der Waals surface area contributed by atoms with Crippen LogP contribution in [-0.4, -0.2) is 28.5 Å². The molecule has 5 nitrogen and oxygen atoms in total. The maximum atomic E-state index is 13.4. The van der Waals surface area contributed by atoms with Crippen LogP contribution in [0.4, 0.5) is 15.9 Å². The molecule has 0 bridgehead atoms. The summed E-state index contributed by atoms with van der Waals surface area (Å²) < 4.78 is 13.4. The number of aromatic nitrogens is 2. The van der Waals surface area contributed by atoms with Crippen molar-refractivity contribution >= 4 is 39.9 Å². The van der Waals surface area contributed by atoms with Crippen LogP contribution in [0.15, 0.2) is 42.7 Å². The van der Waals surface area contributed by atoms with Crippen LogP contribution >= 0.6 is 11.6 Å². The summed E-state index contributed by atoms with van der Waals surface area (Å²) in [5, 5.41) is 4.47. The molecule has 0 fully saturated rings. The first kappa shape index (κ1) is 20.0. The SMILES string of the molecule is CC.C[C@@H]1Cc2cc(F)ccc2N1C(=O)CNc1ncnc2cc(Cl)ccc12. The van der Waals surface area contributed by atoms with Gasteiger partial charge in [0.05, 0.1) is 12.1 Å². The van der Waals surface area contributed by atoms with Gasteiger partial charge in [0.25, 0.3) is 0 Å². The molecule has 4 rings (SSSR count). The summed E-state index contributed by atoms with van der Waals surface area (Å²) >= 11 is 5.99. The highest BCUT2D eigenvalue weighted by Gasteiger charge is 2.30. The summed E-state index contributed by atoms with van der Waals surface area (Å²) in [6, 6.07) is 9.85. The Hall–Kier alpha value is -2.73. The van der Waals surface area contributed by atoms with Gasteiger partial charge in [0.1, 0.15) is 18.0 Å². The second-order valence-electron chi connectivity index (χ2n) is 6.33. The second kappa shape index (κ2) is 8.52. The van der Waals surface area contributed by atoms with Gasteiger partial charge in [-0.15, -0.1) is 0 Å². The van der Waals surface area contributed by atoms with Crippen molar-refractivity contribution < 1.29 is 9.18 Å². The van der Waals surface area contributed by atoms with Crippen molar-refractivity contribution in [1.82, 2.24) is 9.97 Å². The van der Waals surface area contributed by atoms with Gasteiger partial charge < -0.3 is 10.2 Å². The zero-order valence-electron chi connectivity index (χ0n) is 16.0. The van der Waals surface area contributed by atoms with E-state index in [4.69, 9.17) is 11.6 Å². The number of fused-ring (bicyclic) bond motifs is 2. The molecule has 3 aromatic rings. The fourth-order valence-corrected chi connectivity index (χ4v) is 3.56. The van der Waals surface area contributed by atoms with Crippen molar-refractivity contribution in [3.63, 3.8) is 0 Å². The lowest BCUT2D eigenvalue weighted by Gasteiger charge is -2.23. The van der Waals surface area contributed by atoms with E-state index in [0.717, 1.165) is 16.6 Å². The fourth-order valence-electron chi connectivity index (χ4n) is 3.40. The molecular formula is C21H22ClFN4O. The topological polar surface area (TPSA) is 58.1 Å². The van der Waals surface area contributed by atoms with E-state index in [1.165, 1.54) is 18.5 Å². The predicted octanol–water partition coefficient (Wildman–Crippen LogP) is 4.84. The van der Waals surface area contributed by atoms with Crippen molar-refractivity contribution in [1.29, 1.82) is 0 Å². The Morgan fingerprint density at radius 1 is 1.25 bits per heavy atom. The Kier molecular flexibility index (Phi) is 6.09. The van der Waals surface area contributed by atoms with Gasteiger partial charge in [-0.1, -0.05) is 25.4 Å². The van der Waals surface area contributed by atoms with E-state index in [2.05, 4.69) is 15.3 Å². The first-order valence-electron chi connectivity index (χ1n) is 9.27. The minimum atomic E-state index is -0.283. The van der Waals surface area contributed by atoms with Crippen LogP contribution in [0.1, 0.15) is 26.3 Å². The number of benzene rings is 2. The number of nitrogens with one attached hydrogen (secondary N) is 1. The lowest BCUT2D eigenvalue weighted by Crippen LogP contribution is -2.39. The summed E-state index contributed by atoms with van der Waals surface area (Å²) in [5.74, 6) is 0.198. The van der Waals surface area contributed by atoms with Crippen molar-refractivity contribution in [2.45, 2.75) is 33.2 Å².